The lowest BCUT2D eigenvalue weighted by Gasteiger charge is -2.20. The zero-order valence-electron chi connectivity index (χ0n) is 26.2. The lowest BCUT2D eigenvalue weighted by molar-refractivity contribution is 0.484. The van der Waals surface area contributed by atoms with Gasteiger partial charge in [-0.15, -0.1) is 0 Å². The van der Waals surface area contributed by atoms with Crippen LogP contribution in [-0.4, -0.2) is 23.8 Å². The molecule has 0 amide bonds. The summed E-state index contributed by atoms with van der Waals surface area (Å²) in [7, 11) is 0. The molecule has 224 valence electrons. The minimum Gasteiger partial charge on any atom is -0.457 e. The molecule has 0 aliphatic carbocycles. The van der Waals surface area contributed by atoms with E-state index in [1.807, 2.05) is 30.6 Å². The molecule has 6 nitrogen and oxygen atoms in total. The van der Waals surface area contributed by atoms with Crippen LogP contribution in [0.25, 0.3) is 76.7 Å². The Kier molecular flexibility index (Phi) is 5.17. The van der Waals surface area contributed by atoms with E-state index in [4.69, 9.17) is 14.7 Å². The van der Waals surface area contributed by atoms with Crippen molar-refractivity contribution in [3.63, 3.8) is 0 Å². The minimum atomic E-state index is 0.0287. The number of rotatable bonds is 2. The SMILES string of the molecule is CC(C)(C)c1ccc2c3ccc(Oc4ccc5c6cnccc6n6c7ccccc7nc6c5c4)cc3c3nc4ccccc4n3c2c1. The highest BCUT2D eigenvalue weighted by molar-refractivity contribution is 6.15. The summed E-state index contributed by atoms with van der Waals surface area (Å²) in [6.45, 7) is 6.77. The van der Waals surface area contributed by atoms with E-state index in [-0.39, 0.29) is 5.41 Å². The standard InChI is InChI=1S/C41H29N5O/c1-41(2,3)24-12-15-29-27-16-13-25(21-30(27)40-44-34-9-5-7-11-37(34)46(40)38(29)20-24)47-26-14-17-28-31(22-26)39-43-33-8-4-6-10-36(33)45(39)35-18-19-42-23-32(28)35/h4-23H,1-3H3. The molecule has 0 aliphatic heterocycles. The maximum atomic E-state index is 6.64. The van der Waals surface area contributed by atoms with E-state index >= 15 is 0 Å². The molecule has 0 N–H and O–H groups in total. The van der Waals surface area contributed by atoms with Crippen LogP contribution in [-0.2, 0) is 5.41 Å². The normalized spacial score (nSPS) is 12.6. The second-order valence-corrected chi connectivity index (χ2v) is 13.4. The van der Waals surface area contributed by atoms with Crippen molar-refractivity contribution in [3.05, 3.63) is 127 Å². The van der Waals surface area contributed by atoms with Crippen LogP contribution in [0.5, 0.6) is 11.5 Å². The fourth-order valence-electron chi connectivity index (χ4n) is 7.25. The van der Waals surface area contributed by atoms with E-state index in [1.165, 1.54) is 10.9 Å². The summed E-state index contributed by atoms with van der Waals surface area (Å²) in [5.41, 5.74) is 9.48. The van der Waals surface area contributed by atoms with Gasteiger partial charge in [0.05, 0.1) is 33.1 Å². The van der Waals surface area contributed by atoms with Gasteiger partial charge in [-0.25, -0.2) is 9.97 Å². The van der Waals surface area contributed by atoms with Gasteiger partial charge in [-0.2, -0.15) is 0 Å². The van der Waals surface area contributed by atoms with Gasteiger partial charge in [-0.3, -0.25) is 13.8 Å². The first-order valence-corrected chi connectivity index (χ1v) is 15.9. The number of benzene rings is 5. The summed E-state index contributed by atoms with van der Waals surface area (Å²) < 4.78 is 11.2. The van der Waals surface area contributed by atoms with Crippen molar-refractivity contribution < 1.29 is 4.74 Å². The smallest absolute Gasteiger partial charge is 0.146 e. The Morgan fingerprint density at radius 1 is 0.511 bits per heavy atom. The summed E-state index contributed by atoms with van der Waals surface area (Å²) in [6, 6.07) is 38.1. The lowest BCUT2D eigenvalue weighted by Crippen LogP contribution is -2.11. The van der Waals surface area contributed by atoms with E-state index in [9.17, 15) is 0 Å². The molecule has 0 bridgehead atoms. The van der Waals surface area contributed by atoms with E-state index in [2.05, 4.69) is 126 Å². The first kappa shape index (κ1) is 26.2. The molecule has 0 saturated carbocycles. The van der Waals surface area contributed by atoms with Crippen LogP contribution in [0, 0.1) is 0 Å². The summed E-state index contributed by atoms with van der Waals surface area (Å²) in [5, 5.41) is 6.57. The number of hydrogen-bond donors (Lipinski definition) is 0. The van der Waals surface area contributed by atoms with E-state index in [1.54, 1.807) is 0 Å². The third-order valence-corrected chi connectivity index (χ3v) is 9.55. The number of hydrogen-bond acceptors (Lipinski definition) is 4. The fraction of sp³-hybridized carbons (Fsp3) is 0.0976. The van der Waals surface area contributed by atoms with E-state index in [0.717, 1.165) is 82.8 Å². The molecule has 0 fully saturated rings. The zero-order valence-corrected chi connectivity index (χ0v) is 26.2. The molecule has 0 radical (unpaired) electrons. The van der Waals surface area contributed by atoms with Crippen molar-refractivity contribution in [2.75, 3.05) is 0 Å². The molecule has 0 atom stereocenters. The van der Waals surface area contributed by atoms with Gasteiger partial charge in [-0.1, -0.05) is 57.2 Å². The van der Waals surface area contributed by atoms with Gasteiger partial charge >= 0.3 is 0 Å². The molecular formula is C41H29N5O. The van der Waals surface area contributed by atoms with Gasteiger partial charge < -0.3 is 4.74 Å². The van der Waals surface area contributed by atoms with Crippen LogP contribution in [0.3, 0.4) is 0 Å². The molecule has 0 saturated heterocycles. The van der Waals surface area contributed by atoms with Crippen molar-refractivity contribution in [1.82, 2.24) is 23.8 Å². The Morgan fingerprint density at radius 2 is 1.09 bits per heavy atom. The second-order valence-electron chi connectivity index (χ2n) is 13.4. The van der Waals surface area contributed by atoms with Crippen LogP contribution in [0.2, 0.25) is 0 Å². The van der Waals surface area contributed by atoms with Crippen molar-refractivity contribution in [2.45, 2.75) is 26.2 Å². The Hall–Kier alpha value is -6.01. The average Bonchev–Trinajstić information content (AvgIpc) is 3.68. The Bertz CT molecular complexity index is 2930. The second kappa shape index (κ2) is 9.27. The number of imidazole rings is 2. The number of fused-ring (bicyclic) bond motifs is 16. The number of pyridine rings is 3. The highest BCUT2D eigenvalue weighted by atomic mass is 16.5. The largest absolute Gasteiger partial charge is 0.457 e. The van der Waals surface area contributed by atoms with Gasteiger partial charge in [-0.05, 0) is 94.5 Å². The van der Waals surface area contributed by atoms with Crippen LogP contribution >= 0.6 is 0 Å². The number of ether oxygens (including phenoxy) is 1. The van der Waals surface area contributed by atoms with Crippen LogP contribution in [0.4, 0.5) is 0 Å². The van der Waals surface area contributed by atoms with Gasteiger partial charge in [0.2, 0.25) is 0 Å². The predicted octanol–water partition coefficient (Wildman–Crippen LogP) is 10.4. The maximum absolute atomic E-state index is 6.64. The first-order valence-electron chi connectivity index (χ1n) is 15.9. The fourth-order valence-corrected chi connectivity index (χ4v) is 7.25. The molecule has 47 heavy (non-hydrogen) atoms. The minimum absolute atomic E-state index is 0.0287. The molecule has 5 aromatic carbocycles. The van der Waals surface area contributed by atoms with Gasteiger partial charge in [0.1, 0.15) is 22.8 Å². The highest BCUT2D eigenvalue weighted by Gasteiger charge is 2.19. The molecule has 0 spiro atoms. The Labute approximate surface area is 269 Å². The van der Waals surface area contributed by atoms with Crippen LogP contribution in [0.15, 0.2) is 122 Å². The third-order valence-electron chi connectivity index (χ3n) is 9.55. The average molecular weight is 608 g/mol. The maximum Gasteiger partial charge on any atom is 0.146 e. The highest BCUT2D eigenvalue weighted by Crippen LogP contribution is 2.39. The Morgan fingerprint density at radius 3 is 1.72 bits per heavy atom. The molecule has 10 aromatic rings. The predicted molar refractivity (Wildman–Crippen MR) is 192 cm³/mol. The summed E-state index contributed by atoms with van der Waals surface area (Å²) in [4.78, 5) is 14.7. The summed E-state index contributed by atoms with van der Waals surface area (Å²) in [6.07, 6.45) is 3.77. The number of nitrogens with zero attached hydrogens (tertiary/aromatic N) is 5. The zero-order chi connectivity index (χ0) is 31.4. The summed E-state index contributed by atoms with van der Waals surface area (Å²) >= 11 is 0. The summed E-state index contributed by atoms with van der Waals surface area (Å²) in [5.74, 6) is 1.50. The monoisotopic (exact) mass is 607 g/mol. The number of aromatic nitrogens is 5. The quantitative estimate of drug-likeness (QED) is 0.184. The van der Waals surface area contributed by atoms with Crippen LogP contribution in [0.1, 0.15) is 26.3 Å². The third kappa shape index (κ3) is 3.75. The van der Waals surface area contributed by atoms with Crippen molar-refractivity contribution in [2.24, 2.45) is 0 Å². The van der Waals surface area contributed by atoms with Crippen LogP contribution < -0.4 is 4.74 Å². The molecule has 0 aliphatic rings. The van der Waals surface area contributed by atoms with E-state index in [0.29, 0.717) is 0 Å². The van der Waals surface area contributed by atoms with Crippen molar-refractivity contribution >= 4 is 76.7 Å². The topological polar surface area (TPSA) is 56.7 Å². The van der Waals surface area contributed by atoms with Gasteiger partial charge in [0.15, 0.2) is 0 Å². The molecule has 6 heteroatoms. The molecular weight excluding hydrogens is 578 g/mol. The molecule has 10 rings (SSSR count). The molecule has 5 aromatic heterocycles. The van der Waals surface area contributed by atoms with E-state index < -0.39 is 0 Å². The Balaban J connectivity index is 1.19. The first-order chi connectivity index (χ1) is 22.9. The lowest BCUT2D eigenvalue weighted by atomic mass is 9.86. The van der Waals surface area contributed by atoms with Gasteiger partial charge in [0.25, 0.3) is 0 Å². The number of para-hydroxylation sites is 4. The van der Waals surface area contributed by atoms with Crippen molar-refractivity contribution in [3.8, 4) is 11.5 Å². The van der Waals surface area contributed by atoms with Gasteiger partial charge in [0, 0.05) is 33.9 Å². The molecule has 5 heterocycles. The van der Waals surface area contributed by atoms with Crippen molar-refractivity contribution in [1.29, 1.82) is 0 Å². The molecule has 0 unspecified atom stereocenters.